The first kappa shape index (κ1) is 14.0. The van der Waals surface area contributed by atoms with Crippen LogP contribution in [0.15, 0.2) is 12.1 Å². The molecule has 0 spiro atoms. The quantitative estimate of drug-likeness (QED) is 0.896. The van der Waals surface area contributed by atoms with Gasteiger partial charge in [-0.3, -0.25) is 0 Å². The molecule has 110 valence electrons. The van der Waals surface area contributed by atoms with Gasteiger partial charge in [0.2, 0.25) is 0 Å². The van der Waals surface area contributed by atoms with Gasteiger partial charge < -0.3 is 14.6 Å². The van der Waals surface area contributed by atoms with Crippen LogP contribution < -0.4 is 9.47 Å². The van der Waals surface area contributed by atoms with E-state index in [1.165, 1.54) is 0 Å². The van der Waals surface area contributed by atoms with Crippen molar-refractivity contribution in [1.29, 1.82) is 0 Å². The molecule has 1 N–H and O–H groups in total. The molecule has 0 aromatic heterocycles. The van der Waals surface area contributed by atoms with Crippen molar-refractivity contribution in [2.24, 2.45) is 5.92 Å². The summed E-state index contributed by atoms with van der Waals surface area (Å²) >= 11 is 6.16. The SMILES string of the molecule is O=S1(=O)CCC(C(O)c2cc3c(cc2Cl)OCCO3)C1. The Morgan fingerprint density at radius 1 is 1.25 bits per heavy atom. The van der Waals surface area contributed by atoms with E-state index in [1.54, 1.807) is 12.1 Å². The summed E-state index contributed by atoms with van der Waals surface area (Å²) in [5.41, 5.74) is 0.498. The van der Waals surface area contributed by atoms with Crippen LogP contribution in [-0.4, -0.2) is 38.2 Å². The fourth-order valence-electron chi connectivity index (χ4n) is 2.63. The molecule has 0 bridgehead atoms. The van der Waals surface area contributed by atoms with Crippen LogP contribution in [0.5, 0.6) is 11.5 Å². The normalized spacial score (nSPS) is 25.4. The highest BCUT2D eigenvalue weighted by Crippen LogP contribution is 2.41. The van der Waals surface area contributed by atoms with Crippen LogP contribution in [0.1, 0.15) is 18.1 Å². The second-order valence-corrected chi connectivity index (χ2v) is 7.76. The molecule has 2 atom stereocenters. The molecule has 0 aliphatic carbocycles. The topological polar surface area (TPSA) is 72.8 Å². The number of hydrogen-bond donors (Lipinski definition) is 1. The minimum Gasteiger partial charge on any atom is -0.486 e. The van der Waals surface area contributed by atoms with Gasteiger partial charge in [0, 0.05) is 17.5 Å². The number of benzene rings is 1. The van der Waals surface area contributed by atoms with E-state index in [2.05, 4.69) is 0 Å². The Kier molecular flexibility index (Phi) is 3.56. The molecule has 2 unspecified atom stereocenters. The standard InChI is InChI=1S/C13H15ClO5S/c14-10-6-12-11(18-2-3-19-12)5-9(10)13(15)8-1-4-20(16,17)7-8/h5-6,8,13,15H,1-4,7H2. The number of rotatable bonds is 2. The molecule has 2 heterocycles. The van der Waals surface area contributed by atoms with E-state index < -0.39 is 15.9 Å². The predicted molar refractivity (Wildman–Crippen MR) is 74.2 cm³/mol. The Balaban J connectivity index is 1.90. The molecule has 1 aromatic rings. The van der Waals surface area contributed by atoms with Crippen molar-refractivity contribution >= 4 is 21.4 Å². The molecule has 5 nitrogen and oxygen atoms in total. The van der Waals surface area contributed by atoms with Crippen LogP contribution in [0.25, 0.3) is 0 Å². The highest BCUT2D eigenvalue weighted by atomic mass is 35.5. The molecular formula is C13H15ClO5S. The number of aliphatic hydroxyl groups excluding tert-OH is 1. The highest BCUT2D eigenvalue weighted by Gasteiger charge is 2.35. The third-order valence-electron chi connectivity index (χ3n) is 3.69. The van der Waals surface area contributed by atoms with Crippen molar-refractivity contribution in [2.75, 3.05) is 24.7 Å². The van der Waals surface area contributed by atoms with E-state index in [0.29, 0.717) is 41.7 Å². The summed E-state index contributed by atoms with van der Waals surface area (Å²) in [6.07, 6.45) is -0.454. The fraction of sp³-hybridized carbons (Fsp3) is 0.538. The average molecular weight is 319 g/mol. The highest BCUT2D eigenvalue weighted by molar-refractivity contribution is 7.91. The molecule has 2 aliphatic rings. The van der Waals surface area contributed by atoms with Crippen LogP contribution >= 0.6 is 11.6 Å². The summed E-state index contributed by atoms with van der Waals surface area (Å²) in [5.74, 6) is 0.891. The van der Waals surface area contributed by atoms with Crippen LogP contribution in [-0.2, 0) is 9.84 Å². The van der Waals surface area contributed by atoms with Gasteiger partial charge in [-0.2, -0.15) is 0 Å². The van der Waals surface area contributed by atoms with Crippen molar-refractivity contribution in [3.63, 3.8) is 0 Å². The summed E-state index contributed by atoms with van der Waals surface area (Å²) in [4.78, 5) is 0. The van der Waals surface area contributed by atoms with Gasteiger partial charge in [-0.15, -0.1) is 0 Å². The lowest BCUT2D eigenvalue weighted by molar-refractivity contribution is 0.119. The monoisotopic (exact) mass is 318 g/mol. The number of fused-ring (bicyclic) bond motifs is 1. The van der Waals surface area contributed by atoms with Crippen molar-refractivity contribution in [3.05, 3.63) is 22.7 Å². The Labute approximate surface area is 122 Å². The third-order valence-corrected chi connectivity index (χ3v) is 5.82. The molecule has 3 rings (SSSR count). The molecule has 1 saturated heterocycles. The average Bonchev–Trinajstić information content (AvgIpc) is 2.77. The lowest BCUT2D eigenvalue weighted by Gasteiger charge is -2.23. The molecule has 2 aliphatic heterocycles. The molecule has 0 amide bonds. The summed E-state index contributed by atoms with van der Waals surface area (Å²) in [6.45, 7) is 0.911. The number of hydrogen-bond acceptors (Lipinski definition) is 5. The van der Waals surface area contributed by atoms with Gasteiger partial charge in [0.25, 0.3) is 0 Å². The van der Waals surface area contributed by atoms with Gasteiger partial charge in [0.15, 0.2) is 21.3 Å². The van der Waals surface area contributed by atoms with E-state index in [0.717, 1.165) is 0 Å². The maximum absolute atomic E-state index is 11.5. The van der Waals surface area contributed by atoms with Gasteiger partial charge in [-0.1, -0.05) is 11.6 Å². The van der Waals surface area contributed by atoms with Gasteiger partial charge in [-0.05, 0) is 12.5 Å². The van der Waals surface area contributed by atoms with Crippen molar-refractivity contribution < 1.29 is 23.0 Å². The second-order valence-electron chi connectivity index (χ2n) is 5.13. The van der Waals surface area contributed by atoms with E-state index in [-0.39, 0.29) is 17.4 Å². The van der Waals surface area contributed by atoms with Gasteiger partial charge >= 0.3 is 0 Å². The number of aliphatic hydroxyl groups is 1. The summed E-state index contributed by atoms with van der Waals surface area (Å²) in [5, 5.41) is 10.8. The molecule has 0 radical (unpaired) electrons. The molecule has 1 aromatic carbocycles. The lowest BCUT2D eigenvalue weighted by atomic mass is 9.95. The van der Waals surface area contributed by atoms with Gasteiger partial charge in [0.1, 0.15) is 13.2 Å². The Morgan fingerprint density at radius 2 is 1.90 bits per heavy atom. The fourth-order valence-corrected chi connectivity index (χ4v) is 4.73. The molecule has 0 saturated carbocycles. The molecule has 7 heteroatoms. The first-order valence-corrected chi connectivity index (χ1v) is 8.64. The lowest BCUT2D eigenvalue weighted by Crippen LogP contribution is -2.18. The van der Waals surface area contributed by atoms with Crippen molar-refractivity contribution in [2.45, 2.75) is 12.5 Å². The second kappa shape index (κ2) is 5.09. The van der Waals surface area contributed by atoms with E-state index in [9.17, 15) is 13.5 Å². The molecular weight excluding hydrogens is 304 g/mol. The number of sulfone groups is 1. The van der Waals surface area contributed by atoms with E-state index >= 15 is 0 Å². The van der Waals surface area contributed by atoms with Crippen LogP contribution in [0.2, 0.25) is 5.02 Å². The van der Waals surface area contributed by atoms with Gasteiger partial charge in [-0.25, -0.2) is 8.42 Å². The van der Waals surface area contributed by atoms with Gasteiger partial charge in [0.05, 0.1) is 22.6 Å². The summed E-state index contributed by atoms with van der Waals surface area (Å²) in [7, 11) is -3.04. The van der Waals surface area contributed by atoms with Crippen molar-refractivity contribution in [3.8, 4) is 11.5 Å². The maximum Gasteiger partial charge on any atom is 0.162 e. The minimum absolute atomic E-state index is 0.00105. The van der Waals surface area contributed by atoms with E-state index in [1.807, 2.05) is 0 Å². The smallest absolute Gasteiger partial charge is 0.162 e. The zero-order chi connectivity index (χ0) is 14.3. The van der Waals surface area contributed by atoms with E-state index in [4.69, 9.17) is 21.1 Å². The Morgan fingerprint density at radius 3 is 2.50 bits per heavy atom. The maximum atomic E-state index is 11.5. The minimum atomic E-state index is -3.04. The van der Waals surface area contributed by atoms with Crippen LogP contribution in [0, 0.1) is 5.92 Å². The van der Waals surface area contributed by atoms with Crippen LogP contribution in [0.3, 0.4) is 0 Å². The Bertz CT molecular complexity index is 628. The first-order valence-electron chi connectivity index (χ1n) is 6.44. The van der Waals surface area contributed by atoms with Crippen LogP contribution in [0.4, 0.5) is 0 Å². The molecule has 1 fully saturated rings. The summed E-state index contributed by atoms with van der Waals surface area (Å²) in [6, 6.07) is 3.25. The predicted octanol–water partition coefficient (Wildman–Crippen LogP) is 1.58. The number of ether oxygens (including phenoxy) is 2. The number of halogens is 1. The first-order chi connectivity index (χ1) is 9.46. The Hall–Kier alpha value is -0.980. The zero-order valence-corrected chi connectivity index (χ0v) is 12.3. The zero-order valence-electron chi connectivity index (χ0n) is 10.7. The summed E-state index contributed by atoms with van der Waals surface area (Å²) < 4.78 is 33.9. The van der Waals surface area contributed by atoms with Crippen molar-refractivity contribution in [1.82, 2.24) is 0 Å². The largest absolute Gasteiger partial charge is 0.486 e. The molecule has 20 heavy (non-hydrogen) atoms. The third kappa shape index (κ3) is 2.60.